The van der Waals surface area contributed by atoms with Crippen LogP contribution >= 0.6 is 11.8 Å². The lowest BCUT2D eigenvalue weighted by Gasteiger charge is -2.14. The minimum atomic E-state index is -0.247. The lowest BCUT2D eigenvalue weighted by molar-refractivity contribution is -0.120. The van der Waals surface area contributed by atoms with E-state index >= 15 is 0 Å². The van der Waals surface area contributed by atoms with Gasteiger partial charge in [-0.25, -0.2) is 4.90 Å². The molecule has 3 rings (SSSR count). The Morgan fingerprint density at radius 2 is 1.88 bits per heavy atom. The molecule has 4 nitrogen and oxygen atoms in total. The third-order valence-electron chi connectivity index (χ3n) is 2.71. The summed E-state index contributed by atoms with van der Waals surface area (Å²) in [6, 6.07) is 9.01. The van der Waals surface area contributed by atoms with Gasteiger partial charge in [-0.1, -0.05) is 18.2 Å². The van der Waals surface area contributed by atoms with Crippen LogP contribution in [0.25, 0.3) is 0 Å². The molecule has 86 valence electrons. The summed E-state index contributed by atoms with van der Waals surface area (Å²) in [7, 11) is 0. The smallest absolute Gasteiger partial charge is 0.282 e. The molecule has 0 bridgehead atoms. The number of para-hydroxylation sites is 1. The lowest BCUT2D eigenvalue weighted by atomic mass is 10.3. The lowest BCUT2D eigenvalue weighted by Crippen LogP contribution is -2.33. The molecule has 0 unspecified atom stereocenters. The number of rotatable bonds is 1. The van der Waals surface area contributed by atoms with Gasteiger partial charge in [-0.05, 0) is 12.1 Å². The number of amides is 2. The van der Waals surface area contributed by atoms with E-state index in [1.807, 2.05) is 18.2 Å². The van der Waals surface area contributed by atoms with Crippen molar-refractivity contribution in [2.45, 2.75) is 0 Å². The van der Waals surface area contributed by atoms with Crippen molar-refractivity contribution in [1.29, 1.82) is 0 Å². The molecular formula is C12H10N2O2S. The van der Waals surface area contributed by atoms with E-state index in [4.69, 9.17) is 0 Å². The highest BCUT2D eigenvalue weighted by atomic mass is 32.2. The highest BCUT2D eigenvalue weighted by Gasteiger charge is 2.40. The minimum absolute atomic E-state index is 0.214. The van der Waals surface area contributed by atoms with Gasteiger partial charge in [-0.3, -0.25) is 9.59 Å². The first-order valence-corrected chi connectivity index (χ1v) is 6.32. The molecule has 2 aliphatic heterocycles. The second-order valence-electron chi connectivity index (χ2n) is 3.76. The Morgan fingerprint density at radius 1 is 1.12 bits per heavy atom. The predicted molar refractivity (Wildman–Crippen MR) is 66.4 cm³/mol. The summed E-state index contributed by atoms with van der Waals surface area (Å²) in [4.78, 5) is 26.0. The molecule has 2 heterocycles. The monoisotopic (exact) mass is 246 g/mol. The highest BCUT2D eigenvalue weighted by molar-refractivity contribution is 8.04. The summed E-state index contributed by atoms with van der Waals surface area (Å²) in [6.07, 6.45) is 0. The Hall–Kier alpha value is -1.75. The molecule has 0 saturated heterocycles. The van der Waals surface area contributed by atoms with Gasteiger partial charge in [0.2, 0.25) is 0 Å². The van der Waals surface area contributed by atoms with Crippen LogP contribution in [0, 0.1) is 0 Å². The molecule has 2 amide bonds. The van der Waals surface area contributed by atoms with E-state index in [9.17, 15) is 9.59 Å². The molecule has 0 saturated carbocycles. The summed E-state index contributed by atoms with van der Waals surface area (Å²) in [6.45, 7) is 0.727. The van der Waals surface area contributed by atoms with E-state index in [0.29, 0.717) is 16.3 Å². The first-order chi connectivity index (χ1) is 8.29. The van der Waals surface area contributed by atoms with Crippen LogP contribution in [-0.4, -0.2) is 24.1 Å². The SMILES string of the molecule is O=C1C2=C(SCCN2)C(=O)N1c1ccccc1. The number of anilines is 1. The number of hydrogen-bond acceptors (Lipinski definition) is 4. The average Bonchev–Trinajstić information content (AvgIpc) is 2.64. The standard InChI is InChI=1S/C12H10N2O2S/c15-11-9-10(17-7-6-13-9)12(16)14(11)8-4-2-1-3-5-8/h1-5,13H,6-7H2. The Kier molecular flexibility index (Phi) is 2.40. The molecule has 0 radical (unpaired) electrons. The van der Waals surface area contributed by atoms with Crippen molar-refractivity contribution < 1.29 is 9.59 Å². The van der Waals surface area contributed by atoms with Crippen molar-refractivity contribution >= 4 is 29.3 Å². The molecule has 1 aromatic rings. The van der Waals surface area contributed by atoms with Crippen molar-refractivity contribution in [2.24, 2.45) is 0 Å². The van der Waals surface area contributed by atoms with Gasteiger partial charge in [0, 0.05) is 12.3 Å². The van der Waals surface area contributed by atoms with Crippen molar-refractivity contribution in [3.8, 4) is 0 Å². The fraction of sp³-hybridized carbons (Fsp3) is 0.167. The summed E-state index contributed by atoms with van der Waals surface area (Å²) in [5.41, 5.74) is 1.08. The van der Waals surface area contributed by atoms with Crippen molar-refractivity contribution in [3.05, 3.63) is 40.9 Å². The van der Waals surface area contributed by atoms with Crippen LogP contribution in [0.5, 0.6) is 0 Å². The number of benzene rings is 1. The topological polar surface area (TPSA) is 49.4 Å². The number of nitrogens with one attached hydrogen (secondary N) is 1. The summed E-state index contributed by atoms with van der Waals surface area (Å²) < 4.78 is 0. The molecule has 5 heteroatoms. The van der Waals surface area contributed by atoms with Crippen molar-refractivity contribution in [2.75, 3.05) is 17.2 Å². The number of carbonyl (C=O) groups is 2. The number of hydrogen-bond donors (Lipinski definition) is 1. The van der Waals surface area contributed by atoms with Gasteiger partial charge < -0.3 is 5.32 Å². The maximum atomic E-state index is 12.1. The quantitative estimate of drug-likeness (QED) is 0.754. The molecular weight excluding hydrogens is 236 g/mol. The zero-order valence-corrected chi connectivity index (χ0v) is 9.79. The van der Waals surface area contributed by atoms with Gasteiger partial charge in [-0.15, -0.1) is 11.8 Å². The largest absolute Gasteiger partial charge is 0.379 e. The van der Waals surface area contributed by atoms with Crippen LogP contribution in [0.2, 0.25) is 0 Å². The molecule has 0 spiro atoms. The van der Waals surface area contributed by atoms with Crippen LogP contribution in [0.15, 0.2) is 40.9 Å². The number of carbonyl (C=O) groups excluding carboxylic acids is 2. The van der Waals surface area contributed by atoms with E-state index < -0.39 is 0 Å². The normalized spacial score (nSPS) is 19.4. The van der Waals surface area contributed by atoms with E-state index in [1.54, 1.807) is 12.1 Å². The van der Waals surface area contributed by atoms with Crippen LogP contribution < -0.4 is 10.2 Å². The van der Waals surface area contributed by atoms with Gasteiger partial charge in [-0.2, -0.15) is 0 Å². The van der Waals surface area contributed by atoms with E-state index in [0.717, 1.165) is 12.3 Å². The maximum Gasteiger partial charge on any atom is 0.282 e. The second kappa shape index (κ2) is 3.92. The molecule has 1 aromatic carbocycles. The third-order valence-corrected chi connectivity index (χ3v) is 3.78. The molecule has 17 heavy (non-hydrogen) atoms. The summed E-state index contributed by atoms with van der Waals surface area (Å²) in [5.74, 6) is 0.359. The molecule has 0 aromatic heterocycles. The third kappa shape index (κ3) is 1.54. The van der Waals surface area contributed by atoms with Gasteiger partial charge in [0.25, 0.3) is 11.8 Å². The van der Waals surface area contributed by atoms with E-state index in [2.05, 4.69) is 5.32 Å². The zero-order chi connectivity index (χ0) is 11.8. The van der Waals surface area contributed by atoms with Gasteiger partial charge >= 0.3 is 0 Å². The van der Waals surface area contributed by atoms with Crippen molar-refractivity contribution in [3.63, 3.8) is 0 Å². The van der Waals surface area contributed by atoms with Crippen LogP contribution in [-0.2, 0) is 9.59 Å². The Morgan fingerprint density at radius 3 is 2.59 bits per heavy atom. The van der Waals surface area contributed by atoms with Crippen LogP contribution in [0.4, 0.5) is 5.69 Å². The molecule has 0 aliphatic carbocycles. The Balaban J connectivity index is 2.01. The fourth-order valence-electron chi connectivity index (χ4n) is 1.94. The second-order valence-corrected chi connectivity index (χ2v) is 4.87. The van der Waals surface area contributed by atoms with Gasteiger partial charge in [0.05, 0.1) is 5.69 Å². The van der Waals surface area contributed by atoms with Crippen LogP contribution in [0.3, 0.4) is 0 Å². The maximum absolute atomic E-state index is 12.1. The zero-order valence-electron chi connectivity index (χ0n) is 8.97. The first-order valence-electron chi connectivity index (χ1n) is 5.34. The molecule has 1 N–H and O–H groups in total. The van der Waals surface area contributed by atoms with Gasteiger partial charge in [0.15, 0.2) is 0 Å². The average molecular weight is 246 g/mol. The van der Waals surface area contributed by atoms with E-state index in [-0.39, 0.29) is 11.8 Å². The molecule has 2 aliphatic rings. The number of imide groups is 1. The summed E-state index contributed by atoms with van der Waals surface area (Å²) in [5, 5.41) is 3.01. The summed E-state index contributed by atoms with van der Waals surface area (Å²) >= 11 is 1.45. The highest BCUT2D eigenvalue weighted by Crippen LogP contribution is 2.33. The first kappa shape index (κ1) is 10.4. The van der Waals surface area contributed by atoms with E-state index in [1.165, 1.54) is 16.7 Å². The minimum Gasteiger partial charge on any atom is -0.379 e. The molecule has 0 atom stereocenters. The van der Waals surface area contributed by atoms with Gasteiger partial charge in [0.1, 0.15) is 10.6 Å². The Labute approximate surface area is 103 Å². The fourth-order valence-corrected chi connectivity index (χ4v) is 2.87. The number of nitrogens with zero attached hydrogens (tertiary/aromatic N) is 1. The van der Waals surface area contributed by atoms with Crippen molar-refractivity contribution in [1.82, 2.24) is 5.32 Å². The van der Waals surface area contributed by atoms with Crippen LogP contribution in [0.1, 0.15) is 0 Å². The predicted octanol–water partition coefficient (Wildman–Crippen LogP) is 1.11. The Bertz CT molecular complexity index is 497. The number of thioether (sulfide) groups is 1. The molecule has 0 fully saturated rings.